The number of rotatable bonds is 5. The largest absolute Gasteiger partial charge is 0.394 e. The van der Waals surface area contributed by atoms with Crippen LogP contribution in [-0.4, -0.2) is 35.4 Å². The SMILES string of the molecule is O=C(Cc1c(Cl)cccc1Cl)NC(CO)CO. The molecular weight excluding hydrogens is 265 g/mol. The summed E-state index contributed by atoms with van der Waals surface area (Å²) < 4.78 is 0. The van der Waals surface area contributed by atoms with Gasteiger partial charge in [0.15, 0.2) is 0 Å². The molecule has 0 fully saturated rings. The maximum absolute atomic E-state index is 11.6. The fourth-order valence-electron chi connectivity index (χ4n) is 1.29. The minimum Gasteiger partial charge on any atom is -0.394 e. The number of carbonyl (C=O) groups excluding carboxylic acids is 1. The lowest BCUT2D eigenvalue weighted by Crippen LogP contribution is -2.40. The molecule has 94 valence electrons. The van der Waals surface area contributed by atoms with Crippen LogP contribution < -0.4 is 5.32 Å². The van der Waals surface area contributed by atoms with E-state index in [-0.39, 0.29) is 25.5 Å². The fourth-order valence-corrected chi connectivity index (χ4v) is 1.82. The summed E-state index contributed by atoms with van der Waals surface area (Å²) in [5.41, 5.74) is 0.531. The molecule has 0 saturated heterocycles. The zero-order valence-corrected chi connectivity index (χ0v) is 10.5. The summed E-state index contributed by atoms with van der Waals surface area (Å²) in [7, 11) is 0. The van der Waals surface area contributed by atoms with Gasteiger partial charge in [-0.15, -0.1) is 0 Å². The van der Waals surface area contributed by atoms with E-state index in [1.165, 1.54) is 0 Å². The normalized spacial score (nSPS) is 10.6. The number of carbonyl (C=O) groups is 1. The van der Waals surface area contributed by atoms with Crippen LogP contribution in [0, 0.1) is 0 Å². The highest BCUT2D eigenvalue weighted by atomic mass is 35.5. The van der Waals surface area contributed by atoms with Gasteiger partial charge in [-0.05, 0) is 17.7 Å². The molecule has 1 amide bonds. The van der Waals surface area contributed by atoms with Crippen LogP contribution in [0.3, 0.4) is 0 Å². The van der Waals surface area contributed by atoms with Crippen molar-refractivity contribution >= 4 is 29.1 Å². The van der Waals surface area contributed by atoms with Gasteiger partial charge in [0.1, 0.15) is 0 Å². The first-order chi connectivity index (χ1) is 8.08. The lowest BCUT2D eigenvalue weighted by atomic mass is 10.1. The second-order valence-corrected chi connectivity index (χ2v) is 4.32. The van der Waals surface area contributed by atoms with E-state index in [1.807, 2.05) is 0 Å². The zero-order chi connectivity index (χ0) is 12.8. The molecule has 0 aromatic heterocycles. The van der Waals surface area contributed by atoms with Crippen LogP contribution in [0.4, 0.5) is 0 Å². The molecule has 3 N–H and O–H groups in total. The van der Waals surface area contributed by atoms with Gasteiger partial charge in [-0.25, -0.2) is 0 Å². The molecular formula is C11H13Cl2NO3. The van der Waals surface area contributed by atoms with Crippen molar-refractivity contribution in [3.8, 4) is 0 Å². The predicted octanol–water partition coefficient (Wildman–Crippen LogP) is 1.01. The molecule has 0 radical (unpaired) electrons. The van der Waals surface area contributed by atoms with Crippen molar-refractivity contribution < 1.29 is 15.0 Å². The van der Waals surface area contributed by atoms with E-state index in [2.05, 4.69) is 5.32 Å². The molecule has 0 atom stereocenters. The molecule has 0 saturated carbocycles. The first-order valence-electron chi connectivity index (χ1n) is 5.02. The maximum Gasteiger partial charge on any atom is 0.224 e. The smallest absolute Gasteiger partial charge is 0.224 e. The zero-order valence-electron chi connectivity index (χ0n) is 8.99. The summed E-state index contributed by atoms with van der Waals surface area (Å²) in [5.74, 6) is -0.354. The van der Waals surface area contributed by atoms with E-state index in [4.69, 9.17) is 33.4 Å². The van der Waals surface area contributed by atoms with E-state index in [9.17, 15) is 4.79 Å². The second-order valence-electron chi connectivity index (χ2n) is 3.51. The van der Waals surface area contributed by atoms with Crippen LogP contribution in [0.1, 0.15) is 5.56 Å². The third-order valence-electron chi connectivity index (χ3n) is 2.20. The molecule has 0 aliphatic rings. The van der Waals surface area contributed by atoms with Crippen LogP contribution in [0.25, 0.3) is 0 Å². The summed E-state index contributed by atoms with van der Waals surface area (Å²) >= 11 is 11.8. The van der Waals surface area contributed by atoms with Gasteiger partial charge < -0.3 is 15.5 Å². The first kappa shape index (κ1) is 14.3. The van der Waals surface area contributed by atoms with Gasteiger partial charge in [0.2, 0.25) is 5.91 Å². The maximum atomic E-state index is 11.6. The van der Waals surface area contributed by atoms with Crippen LogP contribution in [-0.2, 0) is 11.2 Å². The molecule has 17 heavy (non-hydrogen) atoms. The minimum absolute atomic E-state index is 0.00894. The van der Waals surface area contributed by atoms with Crippen LogP contribution >= 0.6 is 23.2 Å². The van der Waals surface area contributed by atoms with Crippen molar-refractivity contribution in [1.82, 2.24) is 5.32 Å². The fraction of sp³-hybridized carbons (Fsp3) is 0.364. The molecule has 0 heterocycles. The van der Waals surface area contributed by atoms with E-state index in [0.717, 1.165) is 0 Å². The van der Waals surface area contributed by atoms with Crippen molar-refractivity contribution in [3.63, 3.8) is 0 Å². The molecule has 0 spiro atoms. The van der Waals surface area contributed by atoms with Gasteiger partial charge in [-0.3, -0.25) is 4.79 Å². The molecule has 0 aliphatic heterocycles. The average molecular weight is 278 g/mol. The number of hydrogen-bond donors (Lipinski definition) is 3. The summed E-state index contributed by atoms with van der Waals surface area (Å²) in [5, 5.41) is 20.9. The average Bonchev–Trinajstić information content (AvgIpc) is 2.31. The molecule has 1 aromatic carbocycles. The number of hydrogen-bond acceptors (Lipinski definition) is 3. The molecule has 1 aromatic rings. The standard InChI is InChI=1S/C11H13Cl2NO3/c12-9-2-1-3-10(13)8(9)4-11(17)14-7(5-15)6-16/h1-3,7,15-16H,4-6H2,(H,14,17). The van der Waals surface area contributed by atoms with Crippen molar-refractivity contribution in [2.45, 2.75) is 12.5 Å². The van der Waals surface area contributed by atoms with E-state index in [0.29, 0.717) is 15.6 Å². The van der Waals surface area contributed by atoms with Crippen molar-refractivity contribution in [2.75, 3.05) is 13.2 Å². The van der Waals surface area contributed by atoms with Crippen LogP contribution in [0.2, 0.25) is 10.0 Å². The Labute approximate surface area is 109 Å². The Morgan fingerprint density at radius 1 is 1.24 bits per heavy atom. The topological polar surface area (TPSA) is 69.6 Å². The number of amides is 1. The van der Waals surface area contributed by atoms with Gasteiger partial charge >= 0.3 is 0 Å². The number of aliphatic hydroxyl groups is 2. The Balaban J connectivity index is 2.68. The van der Waals surface area contributed by atoms with Gasteiger partial charge in [0, 0.05) is 10.0 Å². The first-order valence-corrected chi connectivity index (χ1v) is 5.78. The van der Waals surface area contributed by atoms with E-state index >= 15 is 0 Å². The van der Waals surface area contributed by atoms with Crippen LogP contribution in [0.15, 0.2) is 18.2 Å². The third kappa shape index (κ3) is 4.16. The molecule has 1 rings (SSSR count). The lowest BCUT2D eigenvalue weighted by molar-refractivity contribution is -0.121. The molecule has 6 heteroatoms. The molecule has 0 bridgehead atoms. The lowest BCUT2D eigenvalue weighted by Gasteiger charge is -2.14. The van der Waals surface area contributed by atoms with Crippen molar-refractivity contribution in [2.24, 2.45) is 0 Å². The van der Waals surface area contributed by atoms with Gasteiger partial charge in [-0.1, -0.05) is 29.3 Å². The number of aliphatic hydroxyl groups excluding tert-OH is 2. The van der Waals surface area contributed by atoms with Crippen molar-refractivity contribution in [3.05, 3.63) is 33.8 Å². The quantitative estimate of drug-likeness (QED) is 0.752. The van der Waals surface area contributed by atoms with E-state index < -0.39 is 6.04 Å². The predicted molar refractivity (Wildman–Crippen MR) is 66.3 cm³/mol. The Hall–Kier alpha value is -0.810. The Morgan fingerprint density at radius 3 is 2.24 bits per heavy atom. The summed E-state index contributed by atoms with van der Waals surface area (Å²) in [6, 6.07) is 4.32. The summed E-state index contributed by atoms with van der Waals surface area (Å²) in [6.07, 6.45) is 0.00894. The highest BCUT2D eigenvalue weighted by Gasteiger charge is 2.14. The monoisotopic (exact) mass is 277 g/mol. The number of halogens is 2. The van der Waals surface area contributed by atoms with Gasteiger partial charge in [0.25, 0.3) is 0 Å². The Bertz CT molecular complexity index is 374. The minimum atomic E-state index is -0.663. The van der Waals surface area contributed by atoms with Crippen molar-refractivity contribution in [1.29, 1.82) is 0 Å². The second kappa shape index (κ2) is 6.81. The van der Waals surface area contributed by atoms with Crippen LogP contribution in [0.5, 0.6) is 0 Å². The highest BCUT2D eigenvalue weighted by Crippen LogP contribution is 2.24. The molecule has 0 unspecified atom stereocenters. The van der Waals surface area contributed by atoms with E-state index in [1.54, 1.807) is 18.2 Å². The number of nitrogens with one attached hydrogen (secondary N) is 1. The summed E-state index contributed by atoms with van der Waals surface area (Å²) in [4.78, 5) is 11.6. The number of benzene rings is 1. The highest BCUT2D eigenvalue weighted by molar-refractivity contribution is 6.36. The third-order valence-corrected chi connectivity index (χ3v) is 2.91. The van der Waals surface area contributed by atoms with Gasteiger partial charge in [-0.2, -0.15) is 0 Å². The van der Waals surface area contributed by atoms with Gasteiger partial charge in [0.05, 0.1) is 25.7 Å². The molecule has 4 nitrogen and oxygen atoms in total. The summed E-state index contributed by atoms with van der Waals surface area (Å²) in [6.45, 7) is -0.642. The Kier molecular flexibility index (Phi) is 5.71. The Morgan fingerprint density at radius 2 is 1.76 bits per heavy atom. The molecule has 0 aliphatic carbocycles.